The summed E-state index contributed by atoms with van der Waals surface area (Å²) in [7, 11) is 0. The first-order valence-corrected chi connectivity index (χ1v) is 6.04. The van der Waals surface area contributed by atoms with Gasteiger partial charge in [0, 0.05) is 12.6 Å². The molecule has 1 aromatic carbocycles. The van der Waals surface area contributed by atoms with Crippen molar-refractivity contribution in [2.75, 3.05) is 19.6 Å². The van der Waals surface area contributed by atoms with Crippen molar-refractivity contribution in [1.82, 2.24) is 10.6 Å². The number of nitrogens with one attached hydrogen (secondary N) is 2. The molecule has 88 valence electrons. The topological polar surface area (TPSA) is 24.1 Å². The minimum Gasteiger partial charge on any atom is -0.315 e. The lowest BCUT2D eigenvalue weighted by molar-refractivity contribution is 0.391. The molecule has 2 rings (SSSR count). The number of benzene rings is 1. The Morgan fingerprint density at radius 3 is 3.00 bits per heavy atom. The molecular formula is C13H19FN2. The lowest BCUT2D eigenvalue weighted by Crippen LogP contribution is -2.43. The molecule has 1 saturated heterocycles. The quantitative estimate of drug-likeness (QED) is 0.810. The van der Waals surface area contributed by atoms with E-state index in [4.69, 9.17) is 0 Å². The maximum absolute atomic E-state index is 13.3. The lowest BCUT2D eigenvalue weighted by Gasteiger charge is -2.23. The van der Waals surface area contributed by atoms with Crippen LogP contribution in [-0.2, 0) is 6.42 Å². The van der Waals surface area contributed by atoms with Crippen molar-refractivity contribution in [3.63, 3.8) is 0 Å². The Bertz CT molecular complexity index is 321. The van der Waals surface area contributed by atoms with Crippen molar-refractivity contribution in [3.05, 3.63) is 35.6 Å². The second-order valence-electron chi connectivity index (χ2n) is 4.34. The van der Waals surface area contributed by atoms with Gasteiger partial charge in [0.25, 0.3) is 0 Å². The Morgan fingerprint density at radius 2 is 2.25 bits per heavy atom. The summed E-state index contributed by atoms with van der Waals surface area (Å²) in [5.74, 6) is -0.0916. The van der Waals surface area contributed by atoms with Crippen LogP contribution in [0.1, 0.15) is 18.4 Å². The first-order valence-electron chi connectivity index (χ1n) is 6.04. The van der Waals surface area contributed by atoms with Crippen molar-refractivity contribution in [2.45, 2.75) is 25.3 Å². The fraction of sp³-hybridized carbons (Fsp3) is 0.538. The summed E-state index contributed by atoms with van der Waals surface area (Å²) >= 11 is 0. The van der Waals surface area contributed by atoms with Gasteiger partial charge in [-0.25, -0.2) is 4.39 Å². The Hall–Kier alpha value is -0.930. The van der Waals surface area contributed by atoms with Gasteiger partial charge in [0.2, 0.25) is 0 Å². The van der Waals surface area contributed by atoms with E-state index in [-0.39, 0.29) is 5.82 Å². The first-order chi connectivity index (χ1) is 7.86. The van der Waals surface area contributed by atoms with Crippen LogP contribution in [0.15, 0.2) is 24.3 Å². The fourth-order valence-corrected chi connectivity index (χ4v) is 2.14. The summed E-state index contributed by atoms with van der Waals surface area (Å²) in [5.41, 5.74) is 0.804. The van der Waals surface area contributed by atoms with E-state index in [2.05, 4.69) is 10.6 Å². The third kappa shape index (κ3) is 3.29. The molecule has 2 nitrogen and oxygen atoms in total. The van der Waals surface area contributed by atoms with Crippen molar-refractivity contribution in [2.24, 2.45) is 0 Å². The predicted octanol–water partition coefficient (Wildman–Crippen LogP) is 1.71. The van der Waals surface area contributed by atoms with E-state index in [9.17, 15) is 4.39 Å². The molecule has 1 fully saturated rings. The van der Waals surface area contributed by atoms with Gasteiger partial charge in [-0.15, -0.1) is 0 Å². The normalized spacial score (nSPS) is 20.9. The van der Waals surface area contributed by atoms with Gasteiger partial charge in [0.1, 0.15) is 5.82 Å². The average Bonchev–Trinajstić information content (AvgIpc) is 2.33. The van der Waals surface area contributed by atoms with Crippen LogP contribution >= 0.6 is 0 Å². The van der Waals surface area contributed by atoms with Crippen molar-refractivity contribution >= 4 is 0 Å². The molecule has 0 amide bonds. The molecular weight excluding hydrogens is 203 g/mol. The SMILES string of the molecule is Fc1ccccc1CCNC1CCCNC1. The molecule has 0 aromatic heterocycles. The van der Waals surface area contributed by atoms with Gasteiger partial charge in [-0.3, -0.25) is 0 Å². The molecule has 0 aliphatic carbocycles. The highest BCUT2D eigenvalue weighted by Crippen LogP contribution is 2.07. The van der Waals surface area contributed by atoms with E-state index in [1.54, 1.807) is 6.07 Å². The summed E-state index contributed by atoms with van der Waals surface area (Å²) in [6, 6.07) is 7.56. The molecule has 0 spiro atoms. The summed E-state index contributed by atoms with van der Waals surface area (Å²) in [5, 5.41) is 6.83. The number of rotatable bonds is 4. The molecule has 16 heavy (non-hydrogen) atoms. The molecule has 0 bridgehead atoms. The van der Waals surface area contributed by atoms with Crippen molar-refractivity contribution in [3.8, 4) is 0 Å². The molecule has 1 aliphatic heterocycles. The minimum absolute atomic E-state index is 0.0916. The molecule has 3 heteroatoms. The number of hydrogen-bond donors (Lipinski definition) is 2. The molecule has 0 radical (unpaired) electrons. The molecule has 1 unspecified atom stereocenters. The van der Waals surface area contributed by atoms with Crippen LogP contribution in [0.3, 0.4) is 0 Å². The van der Waals surface area contributed by atoms with Gasteiger partial charge in [-0.05, 0) is 44.0 Å². The van der Waals surface area contributed by atoms with E-state index in [0.717, 1.165) is 31.6 Å². The van der Waals surface area contributed by atoms with E-state index in [1.807, 2.05) is 12.1 Å². The van der Waals surface area contributed by atoms with E-state index in [1.165, 1.54) is 18.9 Å². The van der Waals surface area contributed by atoms with Gasteiger partial charge in [-0.1, -0.05) is 18.2 Å². The highest BCUT2D eigenvalue weighted by atomic mass is 19.1. The second-order valence-corrected chi connectivity index (χ2v) is 4.34. The van der Waals surface area contributed by atoms with Crippen LogP contribution in [-0.4, -0.2) is 25.7 Å². The third-order valence-corrected chi connectivity index (χ3v) is 3.08. The first kappa shape index (κ1) is 11.6. The maximum atomic E-state index is 13.3. The van der Waals surface area contributed by atoms with Gasteiger partial charge < -0.3 is 10.6 Å². The van der Waals surface area contributed by atoms with Crippen molar-refractivity contribution < 1.29 is 4.39 Å². The number of hydrogen-bond acceptors (Lipinski definition) is 2. The van der Waals surface area contributed by atoms with Gasteiger partial charge in [-0.2, -0.15) is 0 Å². The van der Waals surface area contributed by atoms with E-state index < -0.39 is 0 Å². The van der Waals surface area contributed by atoms with E-state index >= 15 is 0 Å². The van der Waals surface area contributed by atoms with E-state index in [0.29, 0.717) is 6.04 Å². The molecule has 1 atom stereocenters. The van der Waals surface area contributed by atoms with Crippen LogP contribution in [0.2, 0.25) is 0 Å². The second kappa shape index (κ2) is 5.97. The monoisotopic (exact) mass is 222 g/mol. The molecule has 2 N–H and O–H groups in total. The lowest BCUT2D eigenvalue weighted by atomic mass is 10.1. The third-order valence-electron chi connectivity index (χ3n) is 3.08. The predicted molar refractivity (Wildman–Crippen MR) is 64.0 cm³/mol. The number of piperidine rings is 1. The van der Waals surface area contributed by atoms with Gasteiger partial charge in [0.05, 0.1) is 0 Å². The smallest absolute Gasteiger partial charge is 0.126 e. The standard InChI is InChI=1S/C13H19FN2/c14-13-6-2-1-4-11(13)7-9-16-12-5-3-8-15-10-12/h1-2,4,6,12,15-16H,3,5,7-10H2. The summed E-state index contributed by atoms with van der Waals surface area (Å²) in [6.07, 6.45) is 3.23. The Balaban J connectivity index is 1.73. The largest absolute Gasteiger partial charge is 0.315 e. The molecule has 1 aliphatic rings. The minimum atomic E-state index is -0.0916. The zero-order valence-electron chi connectivity index (χ0n) is 9.51. The Kier molecular flexibility index (Phi) is 4.31. The van der Waals surface area contributed by atoms with Gasteiger partial charge in [0.15, 0.2) is 0 Å². The Labute approximate surface area is 96.2 Å². The number of halogens is 1. The highest BCUT2D eigenvalue weighted by molar-refractivity contribution is 5.17. The van der Waals surface area contributed by atoms with Crippen molar-refractivity contribution in [1.29, 1.82) is 0 Å². The molecule has 1 heterocycles. The Morgan fingerprint density at radius 1 is 1.38 bits per heavy atom. The molecule has 0 saturated carbocycles. The zero-order valence-corrected chi connectivity index (χ0v) is 9.51. The summed E-state index contributed by atoms with van der Waals surface area (Å²) in [6.45, 7) is 3.02. The van der Waals surface area contributed by atoms with Gasteiger partial charge >= 0.3 is 0 Å². The highest BCUT2D eigenvalue weighted by Gasteiger charge is 2.11. The van der Waals surface area contributed by atoms with Crippen LogP contribution in [0.5, 0.6) is 0 Å². The fourth-order valence-electron chi connectivity index (χ4n) is 2.14. The van der Waals surface area contributed by atoms with Crippen LogP contribution in [0.25, 0.3) is 0 Å². The molecule has 1 aromatic rings. The maximum Gasteiger partial charge on any atom is 0.126 e. The summed E-state index contributed by atoms with van der Waals surface area (Å²) < 4.78 is 13.3. The average molecular weight is 222 g/mol. The van der Waals surface area contributed by atoms with Crippen LogP contribution < -0.4 is 10.6 Å². The zero-order chi connectivity index (χ0) is 11.2. The van der Waals surface area contributed by atoms with Crippen LogP contribution in [0.4, 0.5) is 4.39 Å². The summed E-state index contributed by atoms with van der Waals surface area (Å²) in [4.78, 5) is 0. The van der Waals surface area contributed by atoms with Crippen LogP contribution in [0, 0.1) is 5.82 Å².